The number of benzene rings is 2. The van der Waals surface area contributed by atoms with Crippen molar-refractivity contribution in [2.24, 2.45) is 0 Å². The Morgan fingerprint density at radius 3 is 2.61 bits per heavy atom. The number of hydrogen-bond acceptors (Lipinski definition) is 5. The van der Waals surface area contributed by atoms with Crippen molar-refractivity contribution in [1.29, 1.82) is 0 Å². The number of urea groups is 1. The molecule has 0 bridgehead atoms. The van der Waals surface area contributed by atoms with E-state index >= 15 is 0 Å². The maximum absolute atomic E-state index is 13.2. The molecule has 0 radical (unpaired) electrons. The molecule has 3 amide bonds. The number of hydrogen-bond donors (Lipinski definition) is 3. The zero-order chi connectivity index (χ0) is 25.7. The van der Waals surface area contributed by atoms with Gasteiger partial charge in [0.1, 0.15) is 11.9 Å². The van der Waals surface area contributed by atoms with Crippen LogP contribution >= 0.6 is 23.2 Å². The summed E-state index contributed by atoms with van der Waals surface area (Å²) in [5.74, 6) is -0.511. The number of nitrogens with one attached hydrogen (secondary N) is 2. The lowest BCUT2D eigenvalue weighted by molar-refractivity contribution is -0.149. The lowest BCUT2D eigenvalue weighted by atomic mass is 9.95. The van der Waals surface area contributed by atoms with Crippen LogP contribution in [0.15, 0.2) is 42.5 Å². The van der Waals surface area contributed by atoms with Crippen molar-refractivity contribution in [3.05, 3.63) is 63.9 Å². The Labute approximate surface area is 218 Å². The average molecular weight is 540 g/mol. The molecule has 8 nitrogen and oxygen atoms in total. The Bertz CT molecular complexity index is 1070. The van der Waals surface area contributed by atoms with Gasteiger partial charge in [-0.05, 0) is 48.7 Å². The minimum absolute atomic E-state index is 0.0615. The van der Waals surface area contributed by atoms with Crippen LogP contribution in [0.3, 0.4) is 0 Å². The number of aliphatic hydroxyl groups excluding tert-OH is 1. The topological polar surface area (TPSA) is 100 Å². The molecule has 3 N–H and O–H groups in total. The fourth-order valence-electron chi connectivity index (χ4n) is 4.43. The molecule has 36 heavy (non-hydrogen) atoms. The van der Waals surface area contributed by atoms with Crippen LogP contribution in [-0.4, -0.2) is 66.1 Å². The first kappa shape index (κ1) is 26.6. The first-order valence-corrected chi connectivity index (χ1v) is 12.5. The summed E-state index contributed by atoms with van der Waals surface area (Å²) in [4.78, 5) is 27.2. The number of anilines is 1. The lowest BCUT2D eigenvalue weighted by Gasteiger charge is -2.44. The number of carbonyl (C=O) groups excluding carboxylic acids is 2. The van der Waals surface area contributed by atoms with Crippen LogP contribution in [0, 0.1) is 5.82 Å². The summed E-state index contributed by atoms with van der Waals surface area (Å²) < 4.78 is 24.8. The Morgan fingerprint density at radius 1 is 1.08 bits per heavy atom. The van der Waals surface area contributed by atoms with E-state index in [2.05, 4.69) is 10.6 Å². The third kappa shape index (κ3) is 7.08. The zero-order valence-corrected chi connectivity index (χ0v) is 21.0. The second kappa shape index (κ2) is 12.2. The van der Waals surface area contributed by atoms with Crippen molar-refractivity contribution in [2.45, 2.75) is 50.2 Å². The van der Waals surface area contributed by atoms with Gasteiger partial charge in [0.25, 0.3) is 0 Å². The van der Waals surface area contributed by atoms with E-state index in [1.54, 1.807) is 35.2 Å². The highest BCUT2D eigenvalue weighted by Gasteiger charge is 2.40. The van der Waals surface area contributed by atoms with E-state index in [4.69, 9.17) is 32.7 Å². The predicted molar refractivity (Wildman–Crippen MR) is 134 cm³/mol. The second-order valence-electron chi connectivity index (χ2n) is 8.95. The SMILES string of the molecule is O=C(C[C@H]1CC[C@H]2[C@@H](COC[C@H](O)CN2C(=O)Nc2ccc(Cl)c(Cl)c2)O1)NCc1ccc(F)cc1. The predicted octanol–water partition coefficient (Wildman–Crippen LogP) is 3.98. The van der Waals surface area contributed by atoms with Gasteiger partial charge in [-0.3, -0.25) is 4.79 Å². The van der Waals surface area contributed by atoms with E-state index in [-0.39, 0.29) is 50.0 Å². The lowest BCUT2D eigenvalue weighted by Crippen LogP contribution is -2.58. The summed E-state index contributed by atoms with van der Waals surface area (Å²) in [6, 6.07) is 9.98. The molecule has 2 saturated heterocycles. The summed E-state index contributed by atoms with van der Waals surface area (Å²) in [6.07, 6.45) is -0.361. The molecule has 2 aromatic rings. The van der Waals surface area contributed by atoms with Gasteiger partial charge in [0.05, 0.1) is 54.5 Å². The molecule has 2 heterocycles. The number of halogens is 3. The standard InChI is InChI=1S/C25H28Cl2FN3O5/c26-20-7-5-17(9-21(20)27)30-25(34)31-12-18(32)13-35-14-23-22(31)8-6-19(36-23)10-24(33)29-11-15-1-3-16(28)4-2-15/h1-5,7,9,18-19,22-23,32H,6,8,10-14H2,(H,29,33)(H,30,34)/t18-,19-,22+,23-/m1/s1. The average Bonchev–Trinajstić information content (AvgIpc) is 2.84. The van der Waals surface area contributed by atoms with Crippen LogP contribution in [0.2, 0.25) is 10.0 Å². The largest absolute Gasteiger partial charge is 0.389 e. The van der Waals surface area contributed by atoms with Gasteiger partial charge in [-0.25, -0.2) is 9.18 Å². The summed E-state index contributed by atoms with van der Waals surface area (Å²) >= 11 is 12.0. The normalized spacial score (nSPS) is 24.3. The van der Waals surface area contributed by atoms with E-state index in [0.29, 0.717) is 35.1 Å². The molecule has 2 aromatic carbocycles. The fourth-order valence-corrected chi connectivity index (χ4v) is 4.72. The Kier molecular flexibility index (Phi) is 9.03. The summed E-state index contributed by atoms with van der Waals surface area (Å²) in [7, 11) is 0. The summed E-state index contributed by atoms with van der Waals surface area (Å²) in [6.45, 7) is 0.611. The molecule has 0 spiro atoms. The van der Waals surface area contributed by atoms with Crippen molar-refractivity contribution in [3.63, 3.8) is 0 Å². The van der Waals surface area contributed by atoms with Crippen LogP contribution in [0.5, 0.6) is 0 Å². The molecule has 4 atom stereocenters. The van der Waals surface area contributed by atoms with Crippen molar-refractivity contribution in [2.75, 3.05) is 25.1 Å². The van der Waals surface area contributed by atoms with Gasteiger partial charge in [0.2, 0.25) is 5.91 Å². The van der Waals surface area contributed by atoms with Crippen molar-refractivity contribution in [3.8, 4) is 0 Å². The summed E-state index contributed by atoms with van der Waals surface area (Å²) in [5, 5.41) is 16.6. The molecule has 0 aliphatic carbocycles. The molecule has 2 aliphatic heterocycles. The van der Waals surface area contributed by atoms with Crippen molar-refractivity contribution < 1.29 is 28.6 Å². The maximum Gasteiger partial charge on any atom is 0.322 e. The van der Waals surface area contributed by atoms with E-state index in [9.17, 15) is 19.1 Å². The smallest absolute Gasteiger partial charge is 0.322 e. The Balaban J connectivity index is 1.36. The molecule has 194 valence electrons. The number of carbonyl (C=O) groups is 2. The molecule has 0 saturated carbocycles. The molecule has 11 heteroatoms. The van der Waals surface area contributed by atoms with Crippen molar-refractivity contribution in [1.82, 2.24) is 10.2 Å². The van der Waals surface area contributed by atoms with Crippen LogP contribution in [-0.2, 0) is 20.8 Å². The number of nitrogens with zero attached hydrogens (tertiary/aromatic N) is 1. The van der Waals surface area contributed by atoms with Gasteiger partial charge in [-0.1, -0.05) is 35.3 Å². The molecule has 4 rings (SSSR count). The number of fused-ring (bicyclic) bond motifs is 1. The van der Waals surface area contributed by atoms with Gasteiger partial charge in [-0.15, -0.1) is 0 Å². The van der Waals surface area contributed by atoms with Gasteiger partial charge >= 0.3 is 6.03 Å². The molecule has 2 aliphatic rings. The highest BCUT2D eigenvalue weighted by molar-refractivity contribution is 6.42. The van der Waals surface area contributed by atoms with Crippen LogP contribution < -0.4 is 10.6 Å². The first-order valence-electron chi connectivity index (χ1n) is 11.7. The number of rotatable bonds is 5. The second-order valence-corrected chi connectivity index (χ2v) is 9.77. The molecule has 2 fully saturated rings. The Morgan fingerprint density at radius 2 is 1.86 bits per heavy atom. The van der Waals surface area contributed by atoms with Crippen LogP contribution in [0.25, 0.3) is 0 Å². The van der Waals surface area contributed by atoms with Gasteiger partial charge in [0, 0.05) is 12.2 Å². The van der Waals surface area contributed by atoms with Crippen LogP contribution in [0.1, 0.15) is 24.8 Å². The first-order chi connectivity index (χ1) is 17.3. The van der Waals surface area contributed by atoms with E-state index in [1.165, 1.54) is 12.1 Å². The highest BCUT2D eigenvalue weighted by atomic mass is 35.5. The number of β-amino-alcohol motifs (C(OH)–C–C–N with tert-alkyl or cyclic N) is 1. The third-order valence-corrected chi connectivity index (χ3v) is 6.97. The van der Waals surface area contributed by atoms with Gasteiger partial charge < -0.3 is 30.1 Å². The van der Waals surface area contributed by atoms with Crippen LogP contribution in [0.4, 0.5) is 14.9 Å². The minimum atomic E-state index is -0.847. The third-order valence-electron chi connectivity index (χ3n) is 6.23. The molecular weight excluding hydrogens is 512 g/mol. The number of amides is 3. The van der Waals surface area contributed by atoms with Crippen molar-refractivity contribution >= 4 is 40.8 Å². The Hall–Kier alpha value is -2.43. The molecule has 0 unspecified atom stereocenters. The maximum atomic E-state index is 13.2. The molecular formula is C25H28Cl2FN3O5. The monoisotopic (exact) mass is 539 g/mol. The highest BCUT2D eigenvalue weighted by Crippen LogP contribution is 2.29. The zero-order valence-electron chi connectivity index (χ0n) is 19.5. The minimum Gasteiger partial charge on any atom is -0.389 e. The van der Waals surface area contributed by atoms with E-state index < -0.39 is 18.2 Å². The van der Waals surface area contributed by atoms with E-state index in [0.717, 1.165) is 5.56 Å². The van der Waals surface area contributed by atoms with E-state index in [1.807, 2.05) is 0 Å². The van der Waals surface area contributed by atoms with Gasteiger partial charge in [-0.2, -0.15) is 0 Å². The van der Waals surface area contributed by atoms with Gasteiger partial charge in [0.15, 0.2) is 0 Å². The quantitative estimate of drug-likeness (QED) is 0.533. The number of ether oxygens (including phenoxy) is 2. The number of aliphatic hydroxyl groups is 1. The molecule has 0 aromatic heterocycles. The fraction of sp³-hybridized carbons (Fsp3) is 0.440. The summed E-state index contributed by atoms with van der Waals surface area (Å²) in [5.41, 5.74) is 1.27.